The van der Waals surface area contributed by atoms with Crippen LogP contribution >= 0.6 is 0 Å². The van der Waals surface area contributed by atoms with Crippen LogP contribution in [-0.2, 0) is 17.8 Å². The summed E-state index contributed by atoms with van der Waals surface area (Å²) in [6.07, 6.45) is 1.48. The number of anilines is 2. The summed E-state index contributed by atoms with van der Waals surface area (Å²) in [7, 11) is 3.09. The standard InChI is InChI=1S/C32H29F2N5O5/c1-42-21-8-6-19(28(14-21)43-2)17-39-18-27-30(32(39)41)26(15-25(37-27)29-22(33)4-3-5-23(29)34)36-20-7-9-24(35-16-20)31(40)38-10-12-44-13-11-38/h3-9,14-16H,10-13,17-18H2,1-2H3,(H,36,37). The van der Waals surface area contributed by atoms with Crippen LogP contribution in [0.1, 0.15) is 32.1 Å². The summed E-state index contributed by atoms with van der Waals surface area (Å²) in [6.45, 7) is 2.22. The number of morpholine rings is 1. The van der Waals surface area contributed by atoms with Gasteiger partial charge < -0.3 is 29.3 Å². The molecule has 0 radical (unpaired) electrons. The van der Waals surface area contributed by atoms with Gasteiger partial charge in [-0.1, -0.05) is 6.07 Å². The molecule has 12 heteroatoms. The second-order valence-electron chi connectivity index (χ2n) is 10.3. The van der Waals surface area contributed by atoms with E-state index in [1.807, 2.05) is 6.07 Å². The first-order valence-corrected chi connectivity index (χ1v) is 13.9. The minimum absolute atomic E-state index is 0.0330. The van der Waals surface area contributed by atoms with Gasteiger partial charge in [0.15, 0.2) is 0 Å². The molecule has 2 aliphatic heterocycles. The quantitative estimate of drug-likeness (QED) is 0.307. The average Bonchev–Trinajstić information content (AvgIpc) is 3.36. The van der Waals surface area contributed by atoms with Crippen molar-refractivity contribution in [2.24, 2.45) is 0 Å². The molecule has 10 nitrogen and oxygen atoms in total. The highest BCUT2D eigenvalue weighted by molar-refractivity contribution is 6.04. The van der Waals surface area contributed by atoms with Crippen molar-refractivity contribution in [3.05, 3.63) is 94.9 Å². The zero-order valence-electron chi connectivity index (χ0n) is 24.1. The minimum Gasteiger partial charge on any atom is -0.497 e. The van der Waals surface area contributed by atoms with Crippen LogP contribution in [-0.4, -0.2) is 72.1 Å². The Kier molecular flexibility index (Phi) is 8.07. The first-order chi connectivity index (χ1) is 21.4. The maximum atomic E-state index is 14.9. The molecule has 4 aromatic rings. The number of carbonyl (C=O) groups is 2. The van der Waals surface area contributed by atoms with Crippen LogP contribution in [0.15, 0.2) is 60.8 Å². The fourth-order valence-corrected chi connectivity index (χ4v) is 5.32. The first-order valence-electron chi connectivity index (χ1n) is 13.9. The van der Waals surface area contributed by atoms with E-state index in [0.717, 1.165) is 17.7 Å². The number of fused-ring (bicyclic) bond motifs is 1. The Balaban J connectivity index is 1.34. The average molecular weight is 602 g/mol. The number of nitrogens with zero attached hydrogens (tertiary/aromatic N) is 4. The zero-order valence-corrected chi connectivity index (χ0v) is 24.1. The molecule has 2 aromatic carbocycles. The predicted molar refractivity (Wildman–Crippen MR) is 157 cm³/mol. The minimum atomic E-state index is -0.778. The van der Waals surface area contributed by atoms with E-state index in [0.29, 0.717) is 54.9 Å². The van der Waals surface area contributed by atoms with Crippen LogP contribution in [0.2, 0.25) is 0 Å². The van der Waals surface area contributed by atoms with Gasteiger partial charge in [-0.2, -0.15) is 0 Å². The fourth-order valence-electron chi connectivity index (χ4n) is 5.32. The lowest BCUT2D eigenvalue weighted by Crippen LogP contribution is -2.41. The van der Waals surface area contributed by atoms with Crippen LogP contribution in [0, 0.1) is 11.6 Å². The van der Waals surface area contributed by atoms with Gasteiger partial charge in [-0.15, -0.1) is 0 Å². The van der Waals surface area contributed by atoms with Crippen LogP contribution in [0.4, 0.5) is 20.2 Å². The predicted octanol–water partition coefficient (Wildman–Crippen LogP) is 4.81. The Labute approximate surface area is 252 Å². The zero-order chi connectivity index (χ0) is 30.8. The van der Waals surface area contributed by atoms with Gasteiger partial charge in [-0.25, -0.2) is 18.7 Å². The molecule has 1 saturated heterocycles. The number of ether oxygens (including phenoxy) is 3. The summed E-state index contributed by atoms with van der Waals surface area (Å²) in [6, 6.07) is 13.6. The lowest BCUT2D eigenvalue weighted by atomic mass is 10.1. The van der Waals surface area contributed by atoms with E-state index >= 15 is 0 Å². The van der Waals surface area contributed by atoms with Crippen LogP contribution in [0.3, 0.4) is 0 Å². The molecule has 0 bridgehead atoms. The highest BCUT2D eigenvalue weighted by Gasteiger charge is 2.33. The Morgan fingerprint density at radius 2 is 1.77 bits per heavy atom. The maximum absolute atomic E-state index is 14.9. The number of pyridine rings is 2. The number of methoxy groups -OCH3 is 2. The third kappa shape index (κ3) is 5.63. The van der Waals surface area contributed by atoms with E-state index in [1.165, 1.54) is 25.4 Å². The van der Waals surface area contributed by atoms with Gasteiger partial charge in [-0.05, 0) is 42.5 Å². The Morgan fingerprint density at radius 1 is 1.00 bits per heavy atom. The van der Waals surface area contributed by atoms with E-state index < -0.39 is 11.6 Å². The molecule has 0 atom stereocenters. The maximum Gasteiger partial charge on any atom is 0.272 e. The molecule has 4 heterocycles. The second kappa shape index (κ2) is 12.3. The molecule has 6 rings (SSSR count). The molecule has 0 unspecified atom stereocenters. The molecular formula is C32H29F2N5O5. The summed E-state index contributed by atoms with van der Waals surface area (Å²) in [5, 5.41) is 3.17. The number of rotatable bonds is 8. The highest BCUT2D eigenvalue weighted by Crippen LogP contribution is 2.37. The van der Waals surface area contributed by atoms with Crippen molar-refractivity contribution in [2.45, 2.75) is 13.1 Å². The molecule has 0 saturated carbocycles. The molecule has 0 spiro atoms. The van der Waals surface area contributed by atoms with Crippen molar-refractivity contribution in [3.8, 4) is 22.8 Å². The molecule has 0 aliphatic carbocycles. The number of halogens is 2. The summed E-state index contributed by atoms with van der Waals surface area (Å²) >= 11 is 0. The molecule has 226 valence electrons. The van der Waals surface area contributed by atoms with Gasteiger partial charge in [0.1, 0.15) is 28.8 Å². The molecule has 2 amide bonds. The van der Waals surface area contributed by atoms with Gasteiger partial charge in [-0.3, -0.25) is 9.59 Å². The van der Waals surface area contributed by atoms with Crippen molar-refractivity contribution in [3.63, 3.8) is 0 Å². The van der Waals surface area contributed by atoms with Crippen LogP contribution in [0.25, 0.3) is 11.3 Å². The number of hydrogen-bond donors (Lipinski definition) is 1. The van der Waals surface area contributed by atoms with Crippen molar-refractivity contribution in [2.75, 3.05) is 45.8 Å². The topological polar surface area (TPSA) is 106 Å². The van der Waals surface area contributed by atoms with Gasteiger partial charge in [0.05, 0.1) is 80.6 Å². The van der Waals surface area contributed by atoms with Crippen molar-refractivity contribution < 1.29 is 32.6 Å². The first kappa shape index (κ1) is 29.0. The van der Waals surface area contributed by atoms with Crippen molar-refractivity contribution in [1.29, 1.82) is 0 Å². The van der Waals surface area contributed by atoms with E-state index in [4.69, 9.17) is 14.2 Å². The Bertz CT molecular complexity index is 1710. The highest BCUT2D eigenvalue weighted by atomic mass is 19.1. The summed E-state index contributed by atoms with van der Waals surface area (Å²) < 4.78 is 45.8. The van der Waals surface area contributed by atoms with E-state index in [-0.39, 0.29) is 47.4 Å². The van der Waals surface area contributed by atoms with Crippen molar-refractivity contribution in [1.82, 2.24) is 19.8 Å². The number of benzene rings is 2. The number of carbonyl (C=O) groups excluding carboxylic acids is 2. The van der Waals surface area contributed by atoms with Crippen LogP contribution < -0.4 is 14.8 Å². The van der Waals surface area contributed by atoms with E-state index in [2.05, 4.69) is 15.3 Å². The van der Waals surface area contributed by atoms with Gasteiger partial charge in [0.2, 0.25) is 0 Å². The molecule has 1 N–H and O–H groups in total. The van der Waals surface area contributed by atoms with E-state index in [1.54, 1.807) is 41.2 Å². The smallest absolute Gasteiger partial charge is 0.272 e. The van der Waals surface area contributed by atoms with Gasteiger partial charge in [0.25, 0.3) is 11.8 Å². The van der Waals surface area contributed by atoms with Gasteiger partial charge >= 0.3 is 0 Å². The SMILES string of the molecule is COc1ccc(CN2Cc3nc(-c4c(F)cccc4F)cc(Nc4ccc(C(=O)N5CCOCC5)nc4)c3C2=O)c(OC)c1. The molecule has 44 heavy (non-hydrogen) atoms. The molecule has 2 aliphatic rings. The number of amides is 2. The normalized spacial score (nSPS) is 14.4. The molecule has 2 aromatic heterocycles. The monoisotopic (exact) mass is 601 g/mol. The largest absolute Gasteiger partial charge is 0.497 e. The summed E-state index contributed by atoms with van der Waals surface area (Å²) in [5.74, 6) is -0.924. The van der Waals surface area contributed by atoms with Gasteiger partial charge in [0, 0.05) is 24.7 Å². The van der Waals surface area contributed by atoms with E-state index in [9.17, 15) is 18.4 Å². The third-order valence-electron chi connectivity index (χ3n) is 7.57. The fraction of sp³-hybridized carbons (Fsp3) is 0.250. The number of nitrogens with one attached hydrogen (secondary N) is 1. The lowest BCUT2D eigenvalue weighted by molar-refractivity contribution is 0.0299. The second-order valence-corrected chi connectivity index (χ2v) is 10.3. The number of hydrogen-bond acceptors (Lipinski definition) is 8. The molecule has 1 fully saturated rings. The van der Waals surface area contributed by atoms with Crippen LogP contribution in [0.5, 0.6) is 11.5 Å². The number of aromatic nitrogens is 2. The lowest BCUT2D eigenvalue weighted by Gasteiger charge is -2.26. The Morgan fingerprint density at radius 3 is 2.45 bits per heavy atom. The third-order valence-corrected chi connectivity index (χ3v) is 7.57. The summed E-state index contributed by atoms with van der Waals surface area (Å²) in [4.78, 5) is 38.8. The van der Waals surface area contributed by atoms with Crippen molar-refractivity contribution >= 4 is 23.2 Å². The summed E-state index contributed by atoms with van der Waals surface area (Å²) in [5.41, 5.74) is 2.15. The Hall–Kier alpha value is -5.10. The molecular weight excluding hydrogens is 572 g/mol.